The minimum Gasteiger partial charge on any atom is -0.271 e. The third-order valence-corrected chi connectivity index (χ3v) is 4.93. The quantitative estimate of drug-likeness (QED) is 0.649. The second-order valence-electron chi connectivity index (χ2n) is 5.81. The molecule has 2 nitrogen and oxygen atoms in total. The van der Waals surface area contributed by atoms with E-state index in [2.05, 4.69) is 19.3 Å². The lowest BCUT2D eigenvalue weighted by Crippen LogP contribution is -2.37. The number of halogens is 2. The Hall–Kier alpha value is -0.640. The van der Waals surface area contributed by atoms with Gasteiger partial charge >= 0.3 is 0 Å². The fourth-order valence-electron chi connectivity index (χ4n) is 3.15. The molecule has 1 saturated carbocycles. The Morgan fingerprint density at radius 1 is 1.32 bits per heavy atom. The molecule has 1 fully saturated rings. The van der Waals surface area contributed by atoms with Crippen molar-refractivity contribution >= 4 is 11.6 Å². The zero-order valence-corrected chi connectivity index (χ0v) is 12.3. The first-order valence-corrected chi connectivity index (χ1v) is 7.32. The van der Waals surface area contributed by atoms with Crippen molar-refractivity contribution in [3.05, 3.63) is 34.6 Å². The fraction of sp³-hybridized carbons (Fsp3) is 0.600. The molecule has 1 aliphatic carbocycles. The van der Waals surface area contributed by atoms with Crippen LogP contribution < -0.4 is 11.3 Å². The van der Waals surface area contributed by atoms with Gasteiger partial charge in [0.2, 0.25) is 0 Å². The van der Waals surface area contributed by atoms with Gasteiger partial charge in [-0.15, -0.1) is 0 Å². The molecule has 1 aromatic carbocycles. The van der Waals surface area contributed by atoms with Crippen molar-refractivity contribution in [1.29, 1.82) is 0 Å². The Bertz CT molecular complexity index is 418. The predicted octanol–water partition coefficient (Wildman–Crippen LogP) is 4.06. The maximum Gasteiger partial charge on any atom is 0.129 e. The number of hydrazine groups is 1. The molecule has 0 spiro atoms. The van der Waals surface area contributed by atoms with Gasteiger partial charge in [-0.2, -0.15) is 0 Å². The van der Waals surface area contributed by atoms with E-state index in [-0.39, 0.29) is 11.9 Å². The number of nitrogens with two attached hydrogens (primary N) is 1. The average Bonchev–Trinajstić information content (AvgIpc) is 2.37. The number of rotatable bonds is 3. The number of nitrogens with one attached hydrogen (secondary N) is 1. The zero-order chi connectivity index (χ0) is 14.0. The van der Waals surface area contributed by atoms with Crippen LogP contribution in [0.1, 0.15) is 44.7 Å². The van der Waals surface area contributed by atoms with Crippen LogP contribution in [0.25, 0.3) is 0 Å². The summed E-state index contributed by atoms with van der Waals surface area (Å²) in [6.45, 7) is 4.54. The smallest absolute Gasteiger partial charge is 0.129 e. The summed E-state index contributed by atoms with van der Waals surface area (Å²) in [5.74, 6) is 7.11. The van der Waals surface area contributed by atoms with Gasteiger partial charge in [0.25, 0.3) is 0 Å². The molecule has 0 radical (unpaired) electrons. The number of hydrogen-bond acceptors (Lipinski definition) is 2. The van der Waals surface area contributed by atoms with Crippen LogP contribution in [0.2, 0.25) is 5.02 Å². The Balaban J connectivity index is 2.25. The van der Waals surface area contributed by atoms with Crippen LogP contribution in [-0.4, -0.2) is 0 Å². The zero-order valence-electron chi connectivity index (χ0n) is 11.5. The lowest BCUT2D eigenvalue weighted by atomic mass is 9.72. The molecule has 0 amide bonds. The first-order chi connectivity index (χ1) is 9.04. The summed E-state index contributed by atoms with van der Waals surface area (Å²) in [7, 11) is 0. The molecule has 4 unspecified atom stereocenters. The molecular formula is C15H22ClFN2. The summed E-state index contributed by atoms with van der Waals surface area (Å²) in [5, 5.41) is 0.453. The van der Waals surface area contributed by atoms with Crippen LogP contribution in [0, 0.1) is 23.6 Å². The molecule has 0 saturated heterocycles. The summed E-state index contributed by atoms with van der Waals surface area (Å²) >= 11 is 6.15. The molecule has 0 aliphatic heterocycles. The van der Waals surface area contributed by atoms with E-state index < -0.39 is 0 Å². The van der Waals surface area contributed by atoms with E-state index in [4.69, 9.17) is 17.4 Å². The third-order valence-electron chi connectivity index (χ3n) is 4.60. The van der Waals surface area contributed by atoms with Gasteiger partial charge in [0.1, 0.15) is 5.82 Å². The van der Waals surface area contributed by atoms with E-state index in [1.807, 2.05) is 0 Å². The van der Waals surface area contributed by atoms with E-state index in [1.54, 1.807) is 12.1 Å². The Kier molecular flexibility index (Phi) is 4.82. The largest absolute Gasteiger partial charge is 0.271 e. The minimum atomic E-state index is -0.276. The molecule has 3 N–H and O–H groups in total. The molecule has 2 rings (SSSR count). The highest BCUT2D eigenvalue weighted by Gasteiger charge is 2.32. The second kappa shape index (κ2) is 6.21. The first-order valence-electron chi connectivity index (χ1n) is 6.94. The fourth-order valence-corrected chi connectivity index (χ4v) is 3.44. The van der Waals surface area contributed by atoms with Crippen LogP contribution in [0.15, 0.2) is 18.2 Å². The van der Waals surface area contributed by atoms with Crippen LogP contribution in [-0.2, 0) is 0 Å². The Morgan fingerprint density at radius 3 is 2.63 bits per heavy atom. The standard InChI is InChI=1S/C15H22ClFN2/c1-9-6-7-11(8-10(9)2)15(19-18)14-12(16)4-3-5-13(14)17/h3-5,9-11,15,19H,6-8,18H2,1-2H3. The first kappa shape index (κ1) is 14.8. The lowest BCUT2D eigenvalue weighted by Gasteiger charge is -2.37. The summed E-state index contributed by atoms with van der Waals surface area (Å²) in [6, 6.07) is 4.59. The number of benzene rings is 1. The highest BCUT2D eigenvalue weighted by atomic mass is 35.5. The summed E-state index contributed by atoms with van der Waals surface area (Å²) < 4.78 is 14.0. The second-order valence-corrected chi connectivity index (χ2v) is 6.21. The van der Waals surface area contributed by atoms with Crippen molar-refractivity contribution in [2.45, 2.75) is 39.2 Å². The Labute approximate surface area is 119 Å². The van der Waals surface area contributed by atoms with Gasteiger partial charge in [0, 0.05) is 10.6 Å². The van der Waals surface area contributed by atoms with Crippen LogP contribution in [0.4, 0.5) is 4.39 Å². The molecule has 4 atom stereocenters. The van der Waals surface area contributed by atoms with Gasteiger partial charge in [-0.1, -0.05) is 37.9 Å². The molecule has 0 bridgehead atoms. The van der Waals surface area contributed by atoms with Gasteiger partial charge in [0.05, 0.1) is 6.04 Å². The van der Waals surface area contributed by atoms with Gasteiger partial charge in [-0.05, 0) is 42.7 Å². The molecule has 0 heterocycles. The van der Waals surface area contributed by atoms with Crippen molar-refractivity contribution in [3.8, 4) is 0 Å². The Morgan fingerprint density at radius 2 is 2.05 bits per heavy atom. The monoisotopic (exact) mass is 284 g/mol. The van der Waals surface area contributed by atoms with E-state index in [0.717, 1.165) is 25.2 Å². The third kappa shape index (κ3) is 3.10. The van der Waals surface area contributed by atoms with Gasteiger partial charge in [-0.3, -0.25) is 11.3 Å². The molecular weight excluding hydrogens is 263 g/mol. The van der Waals surface area contributed by atoms with E-state index in [1.165, 1.54) is 6.07 Å². The molecule has 4 heteroatoms. The summed E-state index contributed by atoms with van der Waals surface area (Å²) in [4.78, 5) is 0. The maximum atomic E-state index is 14.0. The molecule has 1 aromatic rings. The topological polar surface area (TPSA) is 38.0 Å². The number of hydrogen-bond donors (Lipinski definition) is 2. The highest BCUT2D eigenvalue weighted by Crippen LogP contribution is 2.41. The van der Waals surface area contributed by atoms with E-state index in [0.29, 0.717) is 22.4 Å². The summed E-state index contributed by atoms with van der Waals surface area (Å²) in [5.41, 5.74) is 3.29. The van der Waals surface area contributed by atoms with Gasteiger partial charge in [0.15, 0.2) is 0 Å². The predicted molar refractivity (Wildman–Crippen MR) is 77.1 cm³/mol. The van der Waals surface area contributed by atoms with Crippen molar-refractivity contribution in [1.82, 2.24) is 5.43 Å². The minimum absolute atomic E-state index is 0.205. The maximum absolute atomic E-state index is 14.0. The van der Waals surface area contributed by atoms with E-state index >= 15 is 0 Å². The van der Waals surface area contributed by atoms with Crippen molar-refractivity contribution in [3.63, 3.8) is 0 Å². The van der Waals surface area contributed by atoms with Crippen molar-refractivity contribution in [2.24, 2.45) is 23.6 Å². The SMILES string of the molecule is CC1CCC(C(NN)c2c(F)cccc2Cl)CC1C. The van der Waals surface area contributed by atoms with E-state index in [9.17, 15) is 4.39 Å². The highest BCUT2D eigenvalue weighted by molar-refractivity contribution is 6.31. The molecule has 19 heavy (non-hydrogen) atoms. The molecule has 106 valence electrons. The molecule has 0 aromatic heterocycles. The van der Waals surface area contributed by atoms with Crippen molar-refractivity contribution < 1.29 is 4.39 Å². The average molecular weight is 285 g/mol. The van der Waals surface area contributed by atoms with Gasteiger partial charge < -0.3 is 0 Å². The lowest BCUT2D eigenvalue weighted by molar-refractivity contribution is 0.170. The normalized spacial score (nSPS) is 29.2. The van der Waals surface area contributed by atoms with Crippen LogP contribution in [0.3, 0.4) is 0 Å². The molecule has 1 aliphatic rings. The summed E-state index contributed by atoms with van der Waals surface area (Å²) in [6.07, 6.45) is 3.28. The van der Waals surface area contributed by atoms with Crippen molar-refractivity contribution in [2.75, 3.05) is 0 Å². The van der Waals surface area contributed by atoms with Crippen LogP contribution in [0.5, 0.6) is 0 Å². The van der Waals surface area contributed by atoms with Gasteiger partial charge in [-0.25, -0.2) is 4.39 Å². The van der Waals surface area contributed by atoms with Crippen LogP contribution >= 0.6 is 11.6 Å².